The predicted molar refractivity (Wildman–Crippen MR) is 117 cm³/mol. The van der Waals surface area contributed by atoms with Crippen molar-refractivity contribution in [2.45, 2.75) is 26.1 Å². The Balaban J connectivity index is 1.43. The summed E-state index contributed by atoms with van der Waals surface area (Å²) in [5.74, 6) is 0.158. The molecule has 1 atom stereocenters. The molecule has 0 aliphatic rings. The van der Waals surface area contributed by atoms with Crippen LogP contribution in [0.3, 0.4) is 0 Å². The van der Waals surface area contributed by atoms with Gasteiger partial charge < -0.3 is 15.4 Å². The van der Waals surface area contributed by atoms with Gasteiger partial charge in [0.2, 0.25) is 11.8 Å². The third-order valence-electron chi connectivity index (χ3n) is 4.60. The maximum atomic E-state index is 12.3. The molecular weight excluding hydrogens is 394 g/mol. The second-order valence-corrected chi connectivity index (χ2v) is 6.96. The van der Waals surface area contributed by atoms with E-state index < -0.39 is 6.04 Å². The molecule has 0 aliphatic heterocycles. The zero-order valence-electron chi connectivity index (χ0n) is 17.5. The molecule has 0 spiro atoms. The van der Waals surface area contributed by atoms with E-state index in [1.54, 1.807) is 31.1 Å². The number of aromatic nitrogens is 3. The summed E-state index contributed by atoms with van der Waals surface area (Å²) in [5.41, 5.74) is 2.92. The lowest BCUT2D eigenvalue weighted by Gasteiger charge is -2.13. The SMILES string of the molecule is COc1ccc(/C=C/C(=O)NC(C)C(=O)NCc2ccc(Cn3cncn3)cc2)cc1. The van der Waals surface area contributed by atoms with Gasteiger partial charge in [0.1, 0.15) is 24.4 Å². The lowest BCUT2D eigenvalue weighted by Crippen LogP contribution is -2.44. The van der Waals surface area contributed by atoms with Crippen molar-refractivity contribution in [3.63, 3.8) is 0 Å². The Morgan fingerprint density at radius 1 is 1.10 bits per heavy atom. The van der Waals surface area contributed by atoms with Gasteiger partial charge in [0.05, 0.1) is 13.7 Å². The van der Waals surface area contributed by atoms with Gasteiger partial charge in [0, 0.05) is 12.6 Å². The van der Waals surface area contributed by atoms with Gasteiger partial charge in [0.15, 0.2) is 0 Å². The van der Waals surface area contributed by atoms with E-state index in [-0.39, 0.29) is 11.8 Å². The summed E-state index contributed by atoms with van der Waals surface area (Å²) in [4.78, 5) is 28.3. The van der Waals surface area contributed by atoms with E-state index in [0.717, 1.165) is 22.4 Å². The van der Waals surface area contributed by atoms with Crippen molar-refractivity contribution in [2.75, 3.05) is 7.11 Å². The van der Waals surface area contributed by atoms with E-state index in [9.17, 15) is 9.59 Å². The number of methoxy groups -OCH3 is 1. The standard InChI is InChI=1S/C23H25N5O3/c1-17(27-22(29)12-9-18-7-10-21(31-2)11-8-18)23(30)25-13-19-3-5-20(6-4-19)14-28-16-24-15-26-28/h3-12,15-17H,13-14H2,1-2H3,(H,25,30)(H,27,29)/b12-9+. The van der Waals surface area contributed by atoms with Crippen molar-refractivity contribution in [3.8, 4) is 5.75 Å². The van der Waals surface area contributed by atoms with Crippen molar-refractivity contribution in [1.29, 1.82) is 0 Å². The van der Waals surface area contributed by atoms with E-state index in [4.69, 9.17) is 4.74 Å². The molecule has 8 heteroatoms. The molecule has 3 rings (SSSR count). The highest BCUT2D eigenvalue weighted by molar-refractivity contribution is 5.95. The molecule has 2 aromatic carbocycles. The van der Waals surface area contributed by atoms with E-state index in [2.05, 4.69) is 20.7 Å². The molecule has 2 N–H and O–H groups in total. The number of ether oxygens (including phenoxy) is 1. The smallest absolute Gasteiger partial charge is 0.244 e. The van der Waals surface area contributed by atoms with Crippen molar-refractivity contribution < 1.29 is 14.3 Å². The van der Waals surface area contributed by atoms with E-state index >= 15 is 0 Å². The molecule has 1 aromatic heterocycles. The van der Waals surface area contributed by atoms with Crippen LogP contribution >= 0.6 is 0 Å². The van der Waals surface area contributed by atoms with Crippen LogP contribution in [0.1, 0.15) is 23.6 Å². The topological polar surface area (TPSA) is 98.1 Å². The maximum Gasteiger partial charge on any atom is 0.244 e. The van der Waals surface area contributed by atoms with E-state index in [1.165, 1.54) is 12.4 Å². The lowest BCUT2D eigenvalue weighted by molar-refractivity contribution is -0.126. The van der Waals surface area contributed by atoms with Crippen molar-refractivity contribution in [2.24, 2.45) is 0 Å². The molecule has 1 unspecified atom stereocenters. The molecule has 0 saturated heterocycles. The van der Waals surface area contributed by atoms with Gasteiger partial charge in [-0.05, 0) is 41.8 Å². The van der Waals surface area contributed by atoms with Crippen LogP contribution in [0.5, 0.6) is 5.75 Å². The summed E-state index contributed by atoms with van der Waals surface area (Å²) in [7, 11) is 1.60. The van der Waals surface area contributed by atoms with Crippen LogP contribution in [0.2, 0.25) is 0 Å². The van der Waals surface area contributed by atoms with E-state index in [1.807, 2.05) is 48.5 Å². The van der Waals surface area contributed by atoms with Crippen LogP contribution in [-0.4, -0.2) is 39.7 Å². The molecule has 0 aliphatic carbocycles. The van der Waals surface area contributed by atoms with Crippen molar-refractivity contribution in [3.05, 3.63) is 84.0 Å². The van der Waals surface area contributed by atoms with Gasteiger partial charge in [-0.15, -0.1) is 0 Å². The number of hydrogen-bond acceptors (Lipinski definition) is 5. The minimum absolute atomic E-state index is 0.252. The summed E-state index contributed by atoms with van der Waals surface area (Å²) in [6, 6.07) is 14.5. The minimum Gasteiger partial charge on any atom is -0.497 e. The second-order valence-electron chi connectivity index (χ2n) is 6.96. The molecular formula is C23H25N5O3. The highest BCUT2D eigenvalue weighted by atomic mass is 16.5. The highest BCUT2D eigenvalue weighted by Gasteiger charge is 2.13. The summed E-state index contributed by atoms with van der Waals surface area (Å²) in [6.45, 7) is 2.67. The Hall–Kier alpha value is -3.94. The molecule has 2 amide bonds. The number of nitrogens with zero attached hydrogens (tertiary/aromatic N) is 3. The third kappa shape index (κ3) is 6.81. The average molecular weight is 419 g/mol. The highest BCUT2D eigenvalue weighted by Crippen LogP contribution is 2.12. The first-order valence-corrected chi connectivity index (χ1v) is 9.84. The number of benzene rings is 2. The summed E-state index contributed by atoms with van der Waals surface area (Å²) in [5, 5.41) is 9.58. The fourth-order valence-corrected chi connectivity index (χ4v) is 2.82. The van der Waals surface area contributed by atoms with Crippen LogP contribution in [-0.2, 0) is 22.7 Å². The molecule has 0 radical (unpaired) electrons. The summed E-state index contributed by atoms with van der Waals surface area (Å²) < 4.78 is 6.84. The van der Waals surface area contributed by atoms with Crippen LogP contribution < -0.4 is 15.4 Å². The third-order valence-corrected chi connectivity index (χ3v) is 4.60. The first kappa shape index (κ1) is 21.8. The van der Waals surface area contributed by atoms with Crippen molar-refractivity contribution >= 4 is 17.9 Å². The van der Waals surface area contributed by atoms with Gasteiger partial charge in [-0.3, -0.25) is 9.59 Å². The molecule has 3 aromatic rings. The molecule has 0 fully saturated rings. The molecule has 1 heterocycles. The Kier molecular flexibility index (Phi) is 7.53. The number of nitrogens with one attached hydrogen (secondary N) is 2. The summed E-state index contributed by atoms with van der Waals surface area (Å²) in [6.07, 6.45) is 6.24. The molecule has 8 nitrogen and oxygen atoms in total. The Labute approximate surface area is 181 Å². The van der Waals surface area contributed by atoms with E-state index in [0.29, 0.717) is 13.1 Å². The van der Waals surface area contributed by atoms with Gasteiger partial charge in [0.25, 0.3) is 0 Å². The van der Waals surface area contributed by atoms with Gasteiger partial charge in [-0.1, -0.05) is 36.4 Å². The molecule has 0 saturated carbocycles. The lowest BCUT2D eigenvalue weighted by atomic mass is 10.1. The Bertz CT molecular complexity index is 1010. The average Bonchev–Trinajstić information content (AvgIpc) is 3.30. The zero-order valence-corrected chi connectivity index (χ0v) is 17.5. The van der Waals surface area contributed by atoms with Crippen LogP contribution in [0, 0.1) is 0 Å². The first-order valence-electron chi connectivity index (χ1n) is 9.84. The normalized spacial score (nSPS) is 11.8. The fourth-order valence-electron chi connectivity index (χ4n) is 2.82. The van der Waals surface area contributed by atoms with Gasteiger partial charge in [-0.2, -0.15) is 5.10 Å². The van der Waals surface area contributed by atoms with Crippen LogP contribution in [0.25, 0.3) is 6.08 Å². The second kappa shape index (κ2) is 10.7. The minimum atomic E-state index is -0.653. The number of amides is 2. The number of carbonyl (C=O) groups is 2. The Morgan fingerprint density at radius 3 is 2.45 bits per heavy atom. The molecule has 31 heavy (non-hydrogen) atoms. The molecule has 0 bridgehead atoms. The number of rotatable bonds is 9. The van der Waals surface area contributed by atoms with Crippen molar-refractivity contribution in [1.82, 2.24) is 25.4 Å². The summed E-state index contributed by atoms with van der Waals surface area (Å²) >= 11 is 0. The van der Waals surface area contributed by atoms with Gasteiger partial charge >= 0.3 is 0 Å². The number of carbonyl (C=O) groups excluding carboxylic acids is 2. The number of hydrogen-bond donors (Lipinski definition) is 2. The fraction of sp³-hybridized carbons (Fsp3) is 0.217. The van der Waals surface area contributed by atoms with Gasteiger partial charge in [-0.25, -0.2) is 9.67 Å². The van der Waals surface area contributed by atoms with Crippen LogP contribution in [0.4, 0.5) is 0 Å². The maximum absolute atomic E-state index is 12.3. The van der Waals surface area contributed by atoms with Crippen LogP contribution in [0.15, 0.2) is 67.3 Å². The Morgan fingerprint density at radius 2 is 1.81 bits per heavy atom. The molecule has 160 valence electrons. The predicted octanol–water partition coefficient (Wildman–Crippen LogP) is 2.17. The zero-order chi connectivity index (χ0) is 22.1. The quantitative estimate of drug-likeness (QED) is 0.518. The monoisotopic (exact) mass is 419 g/mol. The largest absolute Gasteiger partial charge is 0.497 e. The first-order chi connectivity index (χ1) is 15.0.